The van der Waals surface area contributed by atoms with Crippen molar-refractivity contribution in [2.45, 2.75) is 37.1 Å². The van der Waals surface area contributed by atoms with Gasteiger partial charge < -0.3 is 14.5 Å². The van der Waals surface area contributed by atoms with E-state index in [-0.39, 0.29) is 24.1 Å². The van der Waals surface area contributed by atoms with Crippen molar-refractivity contribution in [1.82, 2.24) is 19.8 Å². The molecule has 0 spiro atoms. The van der Waals surface area contributed by atoms with Crippen LogP contribution in [0.1, 0.15) is 19.8 Å². The minimum Gasteiger partial charge on any atom is -0.444 e. The molecule has 148 valence electrons. The van der Waals surface area contributed by atoms with E-state index in [4.69, 9.17) is 4.74 Å². The highest BCUT2D eigenvalue weighted by atomic mass is 32.2. The number of amides is 2. The van der Waals surface area contributed by atoms with E-state index in [0.717, 1.165) is 23.4 Å². The molecule has 4 rings (SSSR count). The maximum atomic E-state index is 12.6. The maximum absolute atomic E-state index is 12.6. The lowest BCUT2D eigenvalue weighted by Gasteiger charge is -2.35. The Labute approximate surface area is 172 Å². The lowest BCUT2D eigenvalue weighted by Crippen LogP contribution is -2.47. The van der Waals surface area contributed by atoms with Crippen molar-refractivity contribution in [1.29, 1.82) is 0 Å². The zero-order valence-corrected chi connectivity index (χ0v) is 17.2. The van der Waals surface area contributed by atoms with E-state index in [1.807, 2.05) is 40.3 Å². The fourth-order valence-corrected chi connectivity index (χ4v) is 4.97. The van der Waals surface area contributed by atoms with E-state index in [0.29, 0.717) is 30.5 Å². The number of thioether (sulfide) groups is 1. The van der Waals surface area contributed by atoms with Gasteiger partial charge in [-0.2, -0.15) is 0 Å². The fraction of sp³-hybridized carbons (Fsp3) is 0.474. The Balaban J connectivity index is 1.27. The molecule has 1 atom stereocenters. The molecule has 28 heavy (non-hydrogen) atoms. The van der Waals surface area contributed by atoms with Crippen LogP contribution >= 0.6 is 23.1 Å². The van der Waals surface area contributed by atoms with E-state index in [2.05, 4.69) is 9.97 Å². The predicted octanol–water partition coefficient (Wildman–Crippen LogP) is 3.13. The Morgan fingerprint density at radius 3 is 2.86 bits per heavy atom. The maximum Gasteiger partial charge on any atom is 0.410 e. The predicted molar refractivity (Wildman–Crippen MR) is 108 cm³/mol. The van der Waals surface area contributed by atoms with E-state index < -0.39 is 0 Å². The van der Waals surface area contributed by atoms with Crippen LogP contribution in [0.3, 0.4) is 0 Å². The summed E-state index contributed by atoms with van der Waals surface area (Å²) in [5.41, 5.74) is 0.882. The van der Waals surface area contributed by atoms with Gasteiger partial charge in [-0.1, -0.05) is 17.8 Å². The van der Waals surface area contributed by atoms with Gasteiger partial charge in [0, 0.05) is 25.3 Å². The van der Waals surface area contributed by atoms with Crippen LogP contribution in [0, 0.1) is 0 Å². The molecule has 7 nitrogen and oxygen atoms in total. The van der Waals surface area contributed by atoms with Crippen LogP contribution < -0.4 is 0 Å². The van der Waals surface area contributed by atoms with E-state index in [1.54, 1.807) is 17.5 Å². The van der Waals surface area contributed by atoms with Gasteiger partial charge in [-0.3, -0.25) is 4.79 Å². The molecule has 0 saturated carbocycles. The normalized spacial score (nSPS) is 20.5. The summed E-state index contributed by atoms with van der Waals surface area (Å²) in [4.78, 5) is 38.0. The van der Waals surface area contributed by atoms with Gasteiger partial charge >= 0.3 is 6.09 Å². The monoisotopic (exact) mass is 418 g/mol. The number of nitrogens with zero attached hydrogens (tertiary/aromatic N) is 4. The summed E-state index contributed by atoms with van der Waals surface area (Å²) >= 11 is 3.00. The van der Waals surface area contributed by atoms with Crippen LogP contribution in [-0.4, -0.2) is 69.3 Å². The molecule has 2 amide bonds. The summed E-state index contributed by atoms with van der Waals surface area (Å²) in [6, 6.07) is 6.06. The molecule has 1 unspecified atom stereocenters. The van der Waals surface area contributed by atoms with Crippen molar-refractivity contribution in [3.63, 3.8) is 0 Å². The third kappa shape index (κ3) is 4.30. The van der Waals surface area contributed by atoms with Gasteiger partial charge in [-0.05, 0) is 37.3 Å². The molecule has 0 N–H and O–H groups in total. The molecule has 9 heteroatoms. The highest BCUT2D eigenvalue weighted by Gasteiger charge is 2.36. The van der Waals surface area contributed by atoms with Crippen LogP contribution in [0.15, 0.2) is 34.9 Å². The number of thiophene rings is 1. The average Bonchev–Trinajstić information content (AvgIpc) is 3.36. The Hall–Kier alpha value is -2.13. The summed E-state index contributed by atoms with van der Waals surface area (Å²) in [5, 5.41) is 2.63. The number of rotatable bonds is 5. The van der Waals surface area contributed by atoms with Gasteiger partial charge in [-0.15, -0.1) is 11.3 Å². The lowest BCUT2D eigenvalue weighted by molar-refractivity contribution is -0.129. The molecule has 2 aromatic heterocycles. The minimum atomic E-state index is -0.226. The van der Waals surface area contributed by atoms with Gasteiger partial charge in [0.15, 0.2) is 5.16 Å². The van der Waals surface area contributed by atoms with Crippen LogP contribution in [0.25, 0.3) is 10.6 Å². The summed E-state index contributed by atoms with van der Waals surface area (Å²) < 4.78 is 5.22. The van der Waals surface area contributed by atoms with Gasteiger partial charge in [0.05, 0.1) is 22.9 Å². The summed E-state index contributed by atoms with van der Waals surface area (Å²) in [5.74, 6) is 0.410. The number of hydrogen-bond acceptors (Lipinski definition) is 7. The smallest absolute Gasteiger partial charge is 0.410 e. The fourth-order valence-electron chi connectivity index (χ4n) is 3.54. The molecule has 0 aliphatic carbocycles. The van der Waals surface area contributed by atoms with Crippen LogP contribution in [-0.2, 0) is 9.53 Å². The third-order valence-electron chi connectivity index (χ3n) is 4.98. The SMILES string of the molecule is CC1CN(C2CCN(C(=O)CSc3nccc(-c4cccs4)n3)CC2)C(=O)O1. The number of ether oxygens (including phenoxy) is 1. The zero-order valence-electron chi connectivity index (χ0n) is 15.6. The molecule has 0 aromatic carbocycles. The van der Waals surface area contributed by atoms with Gasteiger partial charge in [0.2, 0.25) is 5.91 Å². The first-order valence-electron chi connectivity index (χ1n) is 9.35. The van der Waals surface area contributed by atoms with Crippen LogP contribution in [0.2, 0.25) is 0 Å². The molecule has 0 radical (unpaired) electrons. The Morgan fingerprint density at radius 2 is 2.18 bits per heavy atom. The topological polar surface area (TPSA) is 75.6 Å². The first-order valence-corrected chi connectivity index (χ1v) is 11.2. The van der Waals surface area contributed by atoms with Crippen molar-refractivity contribution in [3.05, 3.63) is 29.8 Å². The highest BCUT2D eigenvalue weighted by molar-refractivity contribution is 7.99. The minimum absolute atomic E-state index is 0.0477. The molecular formula is C19H22N4O3S2. The first-order chi connectivity index (χ1) is 13.6. The second-order valence-electron chi connectivity index (χ2n) is 6.95. The number of aromatic nitrogens is 2. The molecule has 2 aliphatic heterocycles. The van der Waals surface area contributed by atoms with Crippen molar-refractivity contribution in [3.8, 4) is 10.6 Å². The quantitative estimate of drug-likeness (QED) is 0.549. The number of piperidine rings is 1. The number of carbonyl (C=O) groups is 2. The Bertz CT molecular complexity index is 837. The number of carbonyl (C=O) groups excluding carboxylic acids is 2. The average molecular weight is 419 g/mol. The van der Waals surface area contributed by atoms with E-state index >= 15 is 0 Å². The zero-order chi connectivity index (χ0) is 19.5. The van der Waals surface area contributed by atoms with Crippen molar-refractivity contribution in [2.75, 3.05) is 25.4 Å². The number of likely N-dealkylation sites (tertiary alicyclic amines) is 1. The summed E-state index contributed by atoms with van der Waals surface area (Å²) in [6.45, 7) is 3.88. The van der Waals surface area contributed by atoms with Gasteiger partial charge in [0.25, 0.3) is 0 Å². The van der Waals surface area contributed by atoms with E-state index in [9.17, 15) is 9.59 Å². The molecule has 2 aliphatic rings. The molecule has 0 bridgehead atoms. The van der Waals surface area contributed by atoms with Crippen LogP contribution in [0.4, 0.5) is 4.79 Å². The Kier molecular flexibility index (Phi) is 5.82. The lowest BCUT2D eigenvalue weighted by atomic mass is 10.0. The first kappa shape index (κ1) is 19.2. The van der Waals surface area contributed by atoms with Crippen molar-refractivity contribution >= 4 is 35.1 Å². The van der Waals surface area contributed by atoms with Gasteiger partial charge in [-0.25, -0.2) is 14.8 Å². The van der Waals surface area contributed by atoms with Crippen molar-refractivity contribution < 1.29 is 14.3 Å². The number of hydrogen-bond donors (Lipinski definition) is 0. The highest BCUT2D eigenvalue weighted by Crippen LogP contribution is 2.25. The second-order valence-corrected chi connectivity index (χ2v) is 8.84. The Morgan fingerprint density at radius 1 is 1.36 bits per heavy atom. The molecular weight excluding hydrogens is 396 g/mol. The second kappa shape index (κ2) is 8.48. The van der Waals surface area contributed by atoms with Crippen LogP contribution in [0.5, 0.6) is 0 Å². The molecule has 2 saturated heterocycles. The molecule has 2 aromatic rings. The standard InChI is InChI=1S/C19H22N4O3S2/c1-13-11-23(19(25)26-13)14-5-8-22(9-6-14)17(24)12-28-18-20-7-4-15(21-18)16-3-2-10-27-16/h2-4,7,10,13-14H,5-6,8-9,11-12H2,1H3. The summed E-state index contributed by atoms with van der Waals surface area (Å²) in [7, 11) is 0. The molecule has 2 fully saturated rings. The number of cyclic esters (lactones) is 1. The summed E-state index contributed by atoms with van der Waals surface area (Å²) in [6.07, 6.45) is 3.05. The van der Waals surface area contributed by atoms with Crippen molar-refractivity contribution in [2.24, 2.45) is 0 Å². The van der Waals surface area contributed by atoms with Gasteiger partial charge in [0.1, 0.15) is 6.10 Å². The largest absolute Gasteiger partial charge is 0.444 e. The third-order valence-corrected chi connectivity index (χ3v) is 6.72. The molecule has 4 heterocycles. The van der Waals surface area contributed by atoms with E-state index in [1.165, 1.54) is 11.8 Å².